The number of hydrogen-bond donors (Lipinski definition) is 2. The van der Waals surface area contributed by atoms with Gasteiger partial charge in [-0.3, -0.25) is 19.9 Å². The Bertz CT molecular complexity index is 944. The predicted molar refractivity (Wildman–Crippen MR) is 143 cm³/mol. The van der Waals surface area contributed by atoms with Gasteiger partial charge in [0.25, 0.3) is 0 Å². The van der Waals surface area contributed by atoms with E-state index in [1.165, 1.54) is 0 Å². The van der Waals surface area contributed by atoms with Crippen LogP contribution in [0, 0.1) is 18.8 Å². The number of benzene rings is 1. The molecule has 0 aliphatic heterocycles. The summed E-state index contributed by atoms with van der Waals surface area (Å²) >= 11 is 0. The van der Waals surface area contributed by atoms with Crippen LogP contribution >= 0.6 is 0 Å². The molecule has 7 heteroatoms. The molecular formula is C28H43N3O4. The molecule has 0 aliphatic carbocycles. The number of esters is 1. The van der Waals surface area contributed by atoms with E-state index < -0.39 is 18.1 Å². The van der Waals surface area contributed by atoms with Crippen LogP contribution in [0.25, 0.3) is 0 Å². The zero-order valence-electron chi connectivity index (χ0n) is 22.8. The number of ether oxygens (including phenoxy) is 1. The van der Waals surface area contributed by atoms with Crippen molar-refractivity contribution in [3.05, 3.63) is 52.7 Å². The van der Waals surface area contributed by atoms with E-state index in [4.69, 9.17) is 9.73 Å². The smallest absolute Gasteiger partial charge is 0.325 e. The molecule has 0 aromatic heterocycles. The number of rotatable bonds is 13. The fourth-order valence-corrected chi connectivity index (χ4v) is 3.29. The van der Waals surface area contributed by atoms with E-state index in [1.807, 2.05) is 70.2 Å². The maximum atomic E-state index is 12.4. The summed E-state index contributed by atoms with van der Waals surface area (Å²) in [5.74, 6) is -0.122. The van der Waals surface area contributed by atoms with Crippen molar-refractivity contribution < 1.29 is 19.4 Å². The average Bonchev–Trinajstić information content (AvgIpc) is 2.76. The highest BCUT2D eigenvalue weighted by molar-refractivity contribution is 6.06. The summed E-state index contributed by atoms with van der Waals surface area (Å²) < 4.78 is 5.31. The van der Waals surface area contributed by atoms with Crippen molar-refractivity contribution in [3.63, 3.8) is 0 Å². The van der Waals surface area contributed by atoms with Gasteiger partial charge in [0.05, 0.1) is 24.1 Å². The molecule has 0 spiro atoms. The van der Waals surface area contributed by atoms with E-state index in [0.717, 1.165) is 34.4 Å². The van der Waals surface area contributed by atoms with Crippen LogP contribution in [0.4, 0.5) is 5.69 Å². The SMILES string of the molecule is C/C(C=O)=C/C(=C\N(C)C)C(=N/c1cc(CNC(C(=O)OCC(C)C)C(C)O)ccc1C)/C(C)C. The van der Waals surface area contributed by atoms with E-state index in [-0.39, 0.29) is 11.8 Å². The highest BCUT2D eigenvalue weighted by Gasteiger charge is 2.25. The molecule has 0 aliphatic rings. The standard InChI is InChI=1S/C28H43N3O4/c1-18(2)17-35-28(34)27(22(7)33)29-14-23-11-10-21(6)25(13-23)30-26(19(3)4)24(15-31(8)9)12-20(5)16-32/h10-13,15-16,18-19,22,27,29,33H,14,17H2,1-9H3/b20-12-,24-15+,30-26+. The van der Waals surface area contributed by atoms with Crippen LogP contribution in [-0.2, 0) is 20.9 Å². The molecule has 7 nitrogen and oxygen atoms in total. The first kappa shape index (κ1) is 30.3. The van der Waals surface area contributed by atoms with Crippen LogP contribution in [0.5, 0.6) is 0 Å². The van der Waals surface area contributed by atoms with Crippen molar-refractivity contribution in [2.45, 2.75) is 67.2 Å². The van der Waals surface area contributed by atoms with Gasteiger partial charge in [-0.05, 0) is 61.4 Å². The molecule has 0 amide bonds. The van der Waals surface area contributed by atoms with Gasteiger partial charge in [-0.15, -0.1) is 0 Å². The molecule has 0 radical (unpaired) electrons. The van der Waals surface area contributed by atoms with Gasteiger partial charge in [-0.25, -0.2) is 0 Å². The summed E-state index contributed by atoms with van der Waals surface area (Å²) in [6, 6.07) is 5.12. The fourth-order valence-electron chi connectivity index (χ4n) is 3.29. The predicted octanol–water partition coefficient (Wildman–Crippen LogP) is 4.35. The molecule has 0 saturated heterocycles. The number of carbonyl (C=O) groups excluding carboxylic acids is 2. The average molecular weight is 486 g/mol. The number of aryl methyl sites for hydroxylation is 1. The third-order valence-corrected chi connectivity index (χ3v) is 5.14. The van der Waals surface area contributed by atoms with Crippen LogP contribution in [0.2, 0.25) is 0 Å². The number of aliphatic hydroxyl groups is 1. The second-order valence-corrected chi connectivity index (χ2v) is 9.95. The Morgan fingerprint density at radius 1 is 1.20 bits per heavy atom. The zero-order chi connectivity index (χ0) is 26.7. The number of allylic oxidation sites excluding steroid dienone is 3. The number of aliphatic imine (C=N–C) groups is 1. The molecule has 35 heavy (non-hydrogen) atoms. The molecular weight excluding hydrogens is 442 g/mol. The minimum Gasteiger partial charge on any atom is -0.464 e. The number of carbonyl (C=O) groups is 2. The molecule has 2 atom stereocenters. The first-order chi connectivity index (χ1) is 16.3. The Hall–Kier alpha value is -2.77. The van der Waals surface area contributed by atoms with E-state index in [2.05, 4.69) is 19.2 Å². The molecule has 1 aromatic carbocycles. The van der Waals surface area contributed by atoms with Gasteiger partial charge in [0, 0.05) is 32.4 Å². The van der Waals surface area contributed by atoms with Crippen molar-refractivity contribution in [1.29, 1.82) is 0 Å². The van der Waals surface area contributed by atoms with Crippen LogP contribution in [0.15, 0.2) is 46.6 Å². The molecule has 1 rings (SSSR count). The Morgan fingerprint density at radius 3 is 2.37 bits per heavy atom. The first-order valence-corrected chi connectivity index (χ1v) is 12.1. The number of nitrogens with one attached hydrogen (secondary N) is 1. The maximum Gasteiger partial charge on any atom is 0.325 e. The largest absolute Gasteiger partial charge is 0.464 e. The lowest BCUT2D eigenvalue weighted by Gasteiger charge is -2.21. The third kappa shape index (κ3) is 10.6. The van der Waals surface area contributed by atoms with Gasteiger partial charge >= 0.3 is 5.97 Å². The summed E-state index contributed by atoms with van der Waals surface area (Å²) in [7, 11) is 3.87. The molecule has 194 valence electrons. The Kier molecular flexibility index (Phi) is 12.6. The number of nitrogens with zero attached hydrogens (tertiary/aromatic N) is 2. The summed E-state index contributed by atoms with van der Waals surface area (Å²) in [5, 5.41) is 13.2. The number of aliphatic hydroxyl groups excluding tert-OH is 1. The van der Waals surface area contributed by atoms with Crippen LogP contribution < -0.4 is 5.32 Å². The topological polar surface area (TPSA) is 91.2 Å². The minimum absolute atomic E-state index is 0.119. The lowest BCUT2D eigenvalue weighted by atomic mass is 9.98. The van der Waals surface area contributed by atoms with Crippen molar-refractivity contribution in [1.82, 2.24) is 10.2 Å². The number of aldehydes is 1. The second kappa shape index (κ2) is 14.6. The second-order valence-electron chi connectivity index (χ2n) is 9.95. The summed E-state index contributed by atoms with van der Waals surface area (Å²) in [6.45, 7) is 14.1. The fraction of sp³-hybridized carbons (Fsp3) is 0.536. The Balaban J connectivity index is 3.28. The van der Waals surface area contributed by atoms with Gasteiger partial charge < -0.3 is 14.7 Å². The third-order valence-electron chi connectivity index (χ3n) is 5.14. The summed E-state index contributed by atoms with van der Waals surface area (Å²) in [6.07, 6.45) is 3.76. The van der Waals surface area contributed by atoms with Crippen molar-refractivity contribution in [2.24, 2.45) is 16.8 Å². The van der Waals surface area contributed by atoms with Gasteiger partial charge in [-0.2, -0.15) is 0 Å². The normalized spacial score (nSPS) is 14.8. The van der Waals surface area contributed by atoms with Crippen molar-refractivity contribution in [2.75, 3.05) is 20.7 Å². The zero-order valence-corrected chi connectivity index (χ0v) is 22.8. The molecule has 2 N–H and O–H groups in total. The number of hydrogen-bond acceptors (Lipinski definition) is 7. The monoisotopic (exact) mass is 485 g/mol. The van der Waals surface area contributed by atoms with E-state index in [0.29, 0.717) is 18.7 Å². The van der Waals surface area contributed by atoms with Crippen molar-refractivity contribution in [3.8, 4) is 0 Å². The van der Waals surface area contributed by atoms with Gasteiger partial charge in [0.2, 0.25) is 0 Å². The highest BCUT2D eigenvalue weighted by Crippen LogP contribution is 2.24. The molecule has 0 bridgehead atoms. The van der Waals surface area contributed by atoms with E-state index in [1.54, 1.807) is 13.8 Å². The lowest BCUT2D eigenvalue weighted by molar-refractivity contribution is -0.150. The van der Waals surface area contributed by atoms with Crippen LogP contribution in [-0.4, -0.2) is 60.8 Å². The summed E-state index contributed by atoms with van der Waals surface area (Å²) in [5.41, 5.74) is 5.11. The molecule has 0 heterocycles. The highest BCUT2D eigenvalue weighted by atomic mass is 16.5. The van der Waals surface area contributed by atoms with Gasteiger partial charge in [0.15, 0.2) is 0 Å². The maximum absolute atomic E-state index is 12.4. The lowest BCUT2D eigenvalue weighted by Crippen LogP contribution is -2.45. The van der Waals surface area contributed by atoms with Gasteiger partial charge in [0.1, 0.15) is 12.3 Å². The van der Waals surface area contributed by atoms with Crippen molar-refractivity contribution >= 4 is 23.7 Å². The van der Waals surface area contributed by atoms with E-state index in [9.17, 15) is 14.7 Å². The quantitative estimate of drug-likeness (QED) is 0.142. The molecule has 0 fully saturated rings. The molecule has 0 saturated carbocycles. The Labute approximate surface area is 211 Å². The minimum atomic E-state index is -0.892. The van der Waals surface area contributed by atoms with Crippen LogP contribution in [0.3, 0.4) is 0 Å². The molecule has 2 unspecified atom stereocenters. The Morgan fingerprint density at radius 2 is 1.86 bits per heavy atom. The summed E-state index contributed by atoms with van der Waals surface area (Å²) in [4.78, 5) is 30.6. The first-order valence-electron chi connectivity index (χ1n) is 12.1. The van der Waals surface area contributed by atoms with Gasteiger partial charge in [-0.1, -0.05) is 39.8 Å². The van der Waals surface area contributed by atoms with E-state index >= 15 is 0 Å². The molecule has 1 aromatic rings. The van der Waals surface area contributed by atoms with Crippen LogP contribution in [0.1, 0.15) is 52.7 Å².